The summed E-state index contributed by atoms with van der Waals surface area (Å²) in [5.74, 6) is 3.37. The van der Waals surface area contributed by atoms with Crippen LogP contribution < -0.4 is 43.7 Å². The van der Waals surface area contributed by atoms with Crippen molar-refractivity contribution in [3.05, 3.63) is 73.3 Å². The van der Waals surface area contributed by atoms with Gasteiger partial charge in [0.15, 0.2) is 0 Å². The lowest BCUT2D eigenvalue weighted by Crippen LogP contribution is -3.00. The lowest BCUT2D eigenvalue weighted by atomic mass is 9.86. The van der Waals surface area contributed by atoms with E-state index in [0.717, 1.165) is 61.3 Å². The Hall–Kier alpha value is -3.76. The number of piperidine rings is 2. The fourth-order valence-electron chi connectivity index (χ4n) is 6.77. The zero-order chi connectivity index (χ0) is 31.2. The number of hydrogen-bond acceptors (Lipinski definition) is 6. The number of halogens is 2. The van der Waals surface area contributed by atoms with Crippen molar-refractivity contribution in [3.8, 4) is 0 Å². The van der Waals surface area contributed by atoms with Gasteiger partial charge in [0.05, 0.1) is 53.0 Å². The summed E-state index contributed by atoms with van der Waals surface area (Å²) in [4.78, 5) is 5.06. The first kappa shape index (κ1) is 36.1. The minimum absolute atomic E-state index is 0. The Kier molecular flexibility index (Phi) is 13.0. The van der Waals surface area contributed by atoms with Gasteiger partial charge in [0, 0.05) is 47.8 Å². The predicted octanol–water partition coefficient (Wildman–Crippen LogP) is 1.15. The predicted molar refractivity (Wildman–Crippen MR) is 178 cm³/mol. The van der Waals surface area contributed by atoms with Gasteiger partial charge in [-0.1, -0.05) is 29.5 Å². The van der Waals surface area contributed by atoms with E-state index < -0.39 is 0 Å². The first-order valence-corrected chi connectivity index (χ1v) is 16.5. The average Bonchev–Trinajstić information content (AvgIpc) is 3.57. The van der Waals surface area contributed by atoms with Gasteiger partial charge < -0.3 is 34.6 Å². The molecule has 0 atom stereocenters. The number of nitrogens with zero attached hydrogens (tertiary/aromatic N) is 10. The molecule has 4 heterocycles. The van der Waals surface area contributed by atoms with Gasteiger partial charge in [-0.25, -0.2) is 18.3 Å². The summed E-state index contributed by atoms with van der Waals surface area (Å²) in [5, 5.41) is 17.7. The van der Waals surface area contributed by atoms with Crippen LogP contribution in [0.5, 0.6) is 0 Å². The molecule has 0 unspecified atom stereocenters. The van der Waals surface area contributed by atoms with E-state index in [2.05, 4.69) is 78.8 Å². The molecular formula is C35H48Cl2N10. The highest BCUT2D eigenvalue weighted by Gasteiger charge is 2.22. The second-order valence-corrected chi connectivity index (χ2v) is 12.9. The van der Waals surface area contributed by atoms with Crippen molar-refractivity contribution in [2.24, 2.45) is 60.5 Å². The quantitative estimate of drug-likeness (QED) is 0.187. The van der Waals surface area contributed by atoms with Crippen LogP contribution in [0.25, 0.3) is 0 Å². The van der Waals surface area contributed by atoms with E-state index in [1.807, 2.05) is 71.2 Å². The van der Waals surface area contributed by atoms with Crippen LogP contribution in [-0.4, -0.2) is 35.3 Å². The summed E-state index contributed by atoms with van der Waals surface area (Å²) in [6.07, 6.45) is 17.2. The van der Waals surface area contributed by atoms with E-state index in [1.54, 1.807) is 0 Å². The number of hydrogen-bond donors (Lipinski definition) is 0. The van der Waals surface area contributed by atoms with Crippen LogP contribution in [0.2, 0.25) is 0 Å². The van der Waals surface area contributed by atoms with Crippen molar-refractivity contribution in [3.63, 3.8) is 0 Å². The van der Waals surface area contributed by atoms with E-state index in [9.17, 15) is 0 Å². The minimum atomic E-state index is 0. The Morgan fingerprint density at radius 1 is 0.574 bits per heavy atom. The van der Waals surface area contributed by atoms with Gasteiger partial charge in [0.2, 0.25) is 0 Å². The van der Waals surface area contributed by atoms with Crippen LogP contribution in [0.15, 0.2) is 93.8 Å². The maximum Gasteiger partial charge on any atom is 0.421 e. The number of aromatic nitrogens is 4. The van der Waals surface area contributed by atoms with Crippen LogP contribution in [0.1, 0.15) is 44.9 Å². The largest absolute Gasteiger partial charge is 1.00 e. The molecule has 0 N–H and O–H groups in total. The van der Waals surface area contributed by atoms with Gasteiger partial charge in [0.1, 0.15) is 11.4 Å². The zero-order valence-corrected chi connectivity index (χ0v) is 29.6. The average molecular weight is 680 g/mol. The van der Waals surface area contributed by atoms with Gasteiger partial charge in [-0.05, 0) is 86.1 Å². The highest BCUT2D eigenvalue weighted by molar-refractivity contribution is 5.54. The Morgan fingerprint density at radius 2 is 0.936 bits per heavy atom. The number of aryl methyl sites for hydroxylation is 4. The summed E-state index contributed by atoms with van der Waals surface area (Å²) in [7, 11) is 7.92. The Bertz CT molecular complexity index is 1440. The molecule has 252 valence electrons. The molecule has 12 heteroatoms. The van der Waals surface area contributed by atoms with Crippen molar-refractivity contribution in [1.29, 1.82) is 0 Å². The number of anilines is 2. The summed E-state index contributed by atoms with van der Waals surface area (Å²) >= 11 is 0. The van der Waals surface area contributed by atoms with Gasteiger partial charge in [0.25, 0.3) is 0 Å². The first-order valence-electron chi connectivity index (χ1n) is 16.5. The van der Waals surface area contributed by atoms with Crippen molar-refractivity contribution in [2.75, 3.05) is 36.0 Å². The van der Waals surface area contributed by atoms with Gasteiger partial charge in [-0.15, -0.1) is 0 Å². The van der Waals surface area contributed by atoms with Gasteiger partial charge in [-0.2, -0.15) is 0 Å². The fourth-order valence-corrected chi connectivity index (χ4v) is 6.77. The van der Waals surface area contributed by atoms with E-state index in [0.29, 0.717) is 0 Å². The molecule has 0 saturated carbocycles. The van der Waals surface area contributed by atoms with Crippen molar-refractivity contribution >= 4 is 34.6 Å². The number of imidazole rings is 2. The molecule has 6 rings (SSSR count). The molecule has 0 amide bonds. The molecule has 10 nitrogen and oxygen atoms in total. The third-order valence-electron chi connectivity index (χ3n) is 9.68. The molecule has 2 saturated heterocycles. The van der Waals surface area contributed by atoms with Crippen LogP contribution in [0.4, 0.5) is 34.6 Å². The summed E-state index contributed by atoms with van der Waals surface area (Å²) in [5.41, 5.74) is 4.36. The lowest BCUT2D eigenvalue weighted by molar-refractivity contribution is -0.657. The Morgan fingerprint density at radius 3 is 1.26 bits per heavy atom. The van der Waals surface area contributed by atoms with Crippen LogP contribution in [-0.2, 0) is 28.2 Å². The molecule has 2 aromatic heterocycles. The molecule has 2 fully saturated rings. The normalized spacial score (nSPS) is 16.2. The molecule has 0 aliphatic carbocycles. The smallest absolute Gasteiger partial charge is 0.421 e. The summed E-state index contributed by atoms with van der Waals surface area (Å²) in [6, 6.07) is 17.1. The number of azo groups is 2. The summed E-state index contributed by atoms with van der Waals surface area (Å²) < 4.78 is 7.87. The Labute approximate surface area is 291 Å². The number of benzene rings is 2. The third kappa shape index (κ3) is 9.20. The van der Waals surface area contributed by atoms with Crippen LogP contribution in [0.3, 0.4) is 0 Å². The second kappa shape index (κ2) is 16.9. The molecule has 2 aliphatic heterocycles. The fraction of sp³-hybridized carbons (Fsp3) is 0.486. The molecular weight excluding hydrogens is 631 g/mol. The van der Waals surface area contributed by atoms with Crippen LogP contribution >= 0.6 is 0 Å². The highest BCUT2D eigenvalue weighted by atomic mass is 35.5. The van der Waals surface area contributed by atoms with Crippen molar-refractivity contribution in [2.45, 2.75) is 44.9 Å². The topological polar surface area (TPSA) is 73.5 Å². The van der Waals surface area contributed by atoms with Crippen LogP contribution in [0, 0.1) is 11.8 Å². The van der Waals surface area contributed by atoms with Crippen molar-refractivity contribution in [1.82, 2.24) is 9.13 Å². The van der Waals surface area contributed by atoms with E-state index >= 15 is 0 Å². The van der Waals surface area contributed by atoms with E-state index in [4.69, 9.17) is 0 Å². The first-order chi connectivity index (χ1) is 21.9. The molecule has 2 aliphatic rings. The molecule has 0 bridgehead atoms. The maximum atomic E-state index is 4.44. The monoisotopic (exact) mass is 678 g/mol. The second-order valence-electron chi connectivity index (χ2n) is 12.9. The third-order valence-corrected chi connectivity index (χ3v) is 9.68. The number of rotatable bonds is 10. The van der Waals surface area contributed by atoms with E-state index in [1.165, 1.54) is 56.3 Å². The highest BCUT2D eigenvalue weighted by Crippen LogP contribution is 2.31. The van der Waals surface area contributed by atoms with Gasteiger partial charge in [-0.3, -0.25) is 0 Å². The van der Waals surface area contributed by atoms with Gasteiger partial charge >= 0.3 is 11.9 Å². The maximum absolute atomic E-state index is 4.44. The molecule has 4 aromatic rings. The zero-order valence-electron chi connectivity index (χ0n) is 28.1. The van der Waals surface area contributed by atoms with Crippen molar-refractivity contribution < 1.29 is 33.9 Å². The lowest BCUT2D eigenvalue weighted by Gasteiger charge is -2.35. The summed E-state index contributed by atoms with van der Waals surface area (Å²) in [6.45, 7) is 4.59. The minimum Gasteiger partial charge on any atom is -1.00 e. The molecule has 0 radical (unpaired) electrons. The molecule has 2 aromatic carbocycles. The molecule has 47 heavy (non-hydrogen) atoms. The van der Waals surface area contributed by atoms with E-state index in [-0.39, 0.29) is 24.8 Å². The standard InChI is InChI=1S/C35H48N10.2ClH/c1-40-24-25-41(2)34(40)38-36-30-8-12-32(13-9-30)44-20-16-28(17-21-44)6-5-7-29-18-22-45(23-19-29)33-14-10-31(11-15-33)37-39-35-42(3)26-27-43(35)4;;/h8-15,24-29H,5-7,16-23H2,1-4H3;2*1H/q+2;;/p-2. The molecule has 0 spiro atoms. The Balaban J connectivity index is 0.00000250. The SMILES string of the molecule is Cn1cc[n+](C)c1N=Nc1ccc(N2CCC(CCCC3CCN(c4ccc(N=Nc5n(C)cc[n+]5C)cc4)CC3)CC2)cc1.[Cl-].[Cl-].